The van der Waals surface area contributed by atoms with Crippen molar-refractivity contribution in [1.82, 2.24) is 9.97 Å². The highest BCUT2D eigenvalue weighted by atomic mass is 16.5. The van der Waals surface area contributed by atoms with Gasteiger partial charge >= 0.3 is 5.97 Å². The Bertz CT molecular complexity index is 803. The summed E-state index contributed by atoms with van der Waals surface area (Å²) in [5, 5.41) is 0.716. The molecule has 1 saturated heterocycles. The third-order valence-corrected chi connectivity index (χ3v) is 4.62. The lowest BCUT2D eigenvalue weighted by atomic mass is 9.97. The molecule has 3 rings (SSSR count). The quantitative estimate of drug-likeness (QED) is 0.808. The highest BCUT2D eigenvalue weighted by Gasteiger charge is 2.27. The first-order chi connectivity index (χ1) is 12.6. The van der Waals surface area contributed by atoms with Crippen molar-refractivity contribution in [3.05, 3.63) is 12.1 Å². The Balaban J connectivity index is 1.84. The first-order valence-electron chi connectivity index (χ1n) is 8.68. The Morgan fingerprint density at radius 3 is 2.46 bits per heavy atom. The van der Waals surface area contributed by atoms with Gasteiger partial charge in [0.2, 0.25) is 5.95 Å². The van der Waals surface area contributed by atoms with Crippen molar-refractivity contribution in [3.8, 4) is 11.5 Å². The molecule has 1 aliphatic heterocycles. The van der Waals surface area contributed by atoms with Crippen LogP contribution in [-0.4, -0.2) is 49.9 Å². The van der Waals surface area contributed by atoms with Gasteiger partial charge < -0.3 is 24.8 Å². The van der Waals surface area contributed by atoms with Crippen LogP contribution in [0.25, 0.3) is 10.9 Å². The Kier molecular flexibility index (Phi) is 5.29. The number of piperidine rings is 1. The van der Waals surface area contributed by atoms with Crippen molar-refractivity contribution < 1.29 is 19.0 Å². The Labute approximate surface area is 152 Å². The molecular weight excluding hydrogens is 336 g/mol. The topological polar surface area (TPSA) is 99.8 Å². The summed E-state index contributed by atoms with van der Waals surface area (Å²) in [7, 11) is 3.15. The molecule has 0 unspecified atom stereocenters. The molecule has 0 aliphatic carbocycles. The van der Waals surface area contributed by atoms with Gasteiger partial charge in [-0.2, -0.15) is 4.98 Å². The number of fused-ring (bicyclic) bond motifs is 1. The number of aromatic nitrogens is 2. The monoisotopic (exact) mass is 360 g/mol. The second-order valence-corrected chi connectivity index (χ2v) is 6.15. The Morgan fingerprint density at radius 2 is 1.85 bits per heavy atom. The van der Waals surface area contributed by atoms with Gasteiger partial charge in [-0.1, -0.05) is 0 Å². The van der Waals surface area contributed by atoms with Crippen LogP contribution in [0, 0.1) is 5.92 Å². The minimum Gasteiger partial charge on any atom is -0.493 e. The highest BCUT2D eigenvalue weighted by molar-refractivity contribution is 5.91. The maximum Gasteiger partial charge on any atom is 0.309 e. The number of nitrogens with zero attached hydrogens (tertiary/aromatic N) is 3. The fraction of sp³-hybridized carbons (Fsp3) is 0.500. The number of nitrogen functional groups attached to an aromatic ring is 1. The van der Waals surface area contributed by atoms with Crippen LogP contribution in [0.2, 0.25) is 0 Å². The van der Waals surface area contributed by atoms with Gasteiger partial charge in [0, 0.05) is 24.5 Å². The number of ether oxygens (including phenoxy) is 3. The first-order valence-corrected chi connectivity index (χ1v) is 8.68. The van der Waals surface area contributed by atoms with Gasteiger partial charge in [-0.25, -0.2) is 4.98 Å². The zero-order valence-corrected chi connectivity index (χ0v) is 15.3. The van der Waals surface area contributed by atoms with Crippen molar-refractivity contribution in [2.24, 2.45) is 5.92 Å². The molecule has 2 heterocycles. The molecule has 8 nitrogen and oxygen atoms in total. The number of anilines is 2. The molecule has 8 heteroatoms. The van der Waals surface area contributed by atoms with Crippen LogP contribution in [0.3, 0.4) is 0 Å². The van der Waals surface area contributed by atoms with Crippen molar-refractivity contribution in [2.45, 2.75) is 19.8 Å². The van der Waals surface area contributed by atoms with Gasteiger partial charge in [-0.05, 0) is 25.8 Å². The van der Waals surface area contributed by atoms with E-state index in [1.165, 1.54) is 0 Å². The molecule has 1 fully saturated rings. The molecule has 1 aliphatic rings. The molecule has 2 N–H and O–H groups in total. The fourth-order valence-corrected chi connectivity index (χ4v) is 3.18. The number of hydrogen-bond donors (Lipinski definition) is 1. The largest absolute Gasteiger partial charge is 0.493 e. The number of hydrogen-bond acceptors (Lipinski definition) is 8. The Morgan fingerprint density at radius 1 is 1.19 bits per heavy atom. The van der Waals surface area contributed by atoms with E-state index in [0.29, 0.717) is 66.7 Å². The normalized spacial score (nSPS) is 15.1. The van der Waals surface area contributed by atoms with Crippen LogP contribution in [0.1, 0.15) is 19.8 Å². The summed E-state index contributed by atoms with van der Waals surface area (Å²) in [5.74, 6) is 1.93. The Hall–Kier alpha value is -2.77. The van der Waals surface area contributed by atoms with E-state index in [0.717, 1.165) is 0 Å². The van der Waals surface area contributed by atoms with Crippen LogP contribution in [0.4, 0.5) is 11.8 Å². The predicted molar refractivity (Wildman–Crippen MR) is 98.6 cm³/mol. The smallest absolute Gasteiger partial charge is 0.309 e. The number of nitrogens with two attached hydrogens (primary N) is 1. The van der Waals surface area contributed by atoms with Gasteiger partial charge in [0.1, 0.15) is 5.82 Å². The van der Waals surface area contributed by atoms with Gasteiger partial charge in [0.15, 0.2) is 11.5 Å². The van der Waals surface area contributed by atoms with Crippen LogP contribution >= 0.6 is 0 Å². The maximum absolute atomic E-state index is 11.9. The minimum absolute atomic E-state index is 0.0617. The van der Waals surface area contributed by atoms with Crippen LogP contribution < -0.4 is 20.1 Å². The standard InChI is InChI=1S/C18H24N4O4/c1-4-26-17(23)11-5-7-22(8-6-11)18-20-13-10-15(25-3)14(24-2)9-12(13)16(19)21-18/h9-11H,4-8H2,1-3H3,(H2,19,20,21). The number of esters is 1. The van der Waals surface area contributed by atoms with Gasteiger partial charge in [-0.15, -0.1) is 0 Å². The molecule has 0 saturated carbocycles. The number of carbonyl (C=O) groups is 1. The van der Waals surface area contributed by atoms with Gasteiger partial charge in [0.05, 0.1) is 32.3 Å². The highest BCUT2D eigenvalue weighted by Crippen LogP contribution is 2.34. The van der Waals surface area contributed by atoms with E-state index < -0.39 is 0 Å². The molecule has 0 amide bonds. The number of benzene rings is 1. The lowest BCUT2D eigenvalue weighted by Crippen LogP contribution is -2.38. The van der Waals surface area contributed by atoms with E-state index in [2.05, 4.69) is 9.97 Å². The lowest BCUT2D eigenvalue weighted by molar-refractivity contribution is -0.148. The summed E-state index contributed by atoms with van der Waals surface area (Å²) in [6.45, 7) is 3.60. The molecule has 1 aromatic carbocycles. The maximum atomic E-state index is 11.9. The van der Waals surface area contributed by atoms with E-state index in [1.54, 1.807) is 26.4 Å². The van der Waals surface area contributed by atoms with Gasteiger partial charge in [-0.3, -0.25) is 4.79 Å². The summed E-state index contributed by atoms with van der Waals surface area (Å²) >= 11 is 0. The number of methoxy groups -OCH3 is 2. The zero-order valence-electron chi connectivity index (χ0n) is 15.3. The van der Waals surface area contributed by atoms with Crippen molar-refractivity contribution in [3.63, 3.8) is 0 Å². The molecule has 0 atom stereocenters. The summed E-state index contributed by atoms with van der Waals surface area (Å²) in [6, 6.07) is 3.57. The van der Waals surface area contributed by atoms with Crippen LogP contribution in [-0.2, 0) is 9.53 Å². The molecule has 26 heavy (non-hydrogen) atoms. The van der Waals surface area contributed by atoms with Crippen molar-refractivity contribution in [1.29, 1.82) is 0 Å². The average Bonchev–Trinajstić information content (AvgIpc) is 2.67. The third-order valence-electron chi connectivity index (χ3n) is 4.62. The molecule has 0 spiro atoms. The van der Waals surface area contributed by atoms with E-state index in [9.17, 15) is 4.79 Å². The van der Waals surface area contributed by atoms with E-state index >= 15 is 0 Å². The third kappa shape index (κ3) is 3.44. The van der Waals surface area contributed by atoms with Crippen LogP contribution in [0.5, 0.6) is 11.5 Å². The van der Waals surface area contributed by atoms with Crippen molar-refractivity contribution in [2.75, 3.05) is 44.5 Å². The summed E-state index contributed by atoms with van der Waals surface area (Å²) in [4.78, 5) is 23.0. The molecule has 0 radical (unpaired) electrons. The number of rotatable bonds is 5. The van der Waals surface area contributed by atoms with E-state index in [4.69, 9.17) is 19.9 Å². The van der Waals surface area contributed by atoms with E-state index in [-0.39, 0.29) is 11.9 Å². The second kappa shape index (κ2) is 7.63. The van der Waals surface area contributed by atoms with Crippen LogP contribution in [0.15, 0.2) is 12.1 Å². The predicted octanol–water partition coefficient (Wildman–Crippen LogP) is 2.01. The average molecular weight is 360 g/mol. The SMILES string of the molecule is CCOC(=O)C1CCN(c2nc(N)c3cc(OC)c(OC)cc3n2)CC1. The fourth-order valence-electron chi connectivity index (χ4n) is 3.18. The molecule has 140 valence electrons. The summed E-state index contributed by atoms with van der Waals surface area (Å²) < 4.78 is 15.8. The van der Waals surface area contributed by atoms with Gasteiger partial charge in [0.25, 0.3) is 0 Å². The molecule has 1 aromatic heterocycles. The zero-order chi connectivity index (χ0) is 18.7. The molecule has 2 aromatic rings. The molecule has 0 bridgehead atoms. The minimum atomic E-state index is -0.122. The lowest BCUT2D eigenvalue weighted by Gasteiger charge is -2.31. The van der Waals surface area contributed by atoms with E-state index in [1.807, 2.05) is 11.8 Å². The summed E-state index contributed by atoms with van der Waals surface area (Å²) in [6.07, 6.45) is 1.43. The van der Waals surface area contributed by atoms with Crippen molar-refractivity contribution >= 4 is 28.6 Å². The first kappa shape index (κ1) is 18.0. The second-order valence-electron chi connectivity index (χ2n) is 6.15. The number of carbonyl (C=O) groups excluding carboxylic acids is 1. The summed E-state index contributed by atoms with van der Waals surface area (Å²) in [5.41, 5.74) is 6.84. The molecular formula is C18H24N4O4.